The number of allylic oxidation sites excluding steroid dienone is 4. The lowest BCUT2D eigenvalue weighted by atomic mass is 9.76. The summed E-state index contributed by atoms with van der Waals surface area (Å²) in [6.07, 6.45) is 13.6. The van der Waals surface area contributed by atoms with Gasteiger partial charge in [-0.05, 0) is 73.0 Å². The number of rotatable bonds is 3. The summed E-state index contributed by atoms with van der Waals surface area (Å²) in [6, 6.07) is 21.6. The lowest BCUT2D eigenvalue weighted by Crippen LogP contribution is -2.12. The van der Waals surface area contributed by atoms with Crippen molar-refractivity contribution in [2.45, 2.75) is 18.8 Å². The maximum Gasteiger partial charge on any atom is 0.336 e. The molecule has 172 valence electrons. The van der Waals surface area contributed by atoms with Crippen LogP contribution in [0.25, 0.3) is 39.3 Å². The second-order valence-corrected chi connectivity index (χ2v) is 9.71. The molecular formula is C33H23NO2. The first kappa shape index (κ1) is 20.8. The average molecular weight is 466 g/mol. The van der Waals surface area contributed by atoms with Crippen molar-refractivity contribution >= 4 is 51.0 Å². The van der Waals surface area contributed by atoms with Crippen LogP contribution >= 0.6 is 0 Å². The molecule has 7 rings (SSSR count). The highest BCUT2D eigenvalue weighted by atomic mass is 16.4. The summed E-state index contributed by atoms with van der Waals surface area (Å²) in [5, 5.41) is 23.0. The van der Waals surface area contributed by atoms with E-state index in [4.69, 9.17) is 5.41 Å². The normalized spacial score (nSPS) is 17.9. The van der Waals surface area contributed by atoms with Gasteiger partial charge in [-0.1, -0.05) is 91.0 Å². The van der Waals surface area contributed by atoms with E-state index in [2.05, 4.69) is 78.9 Å². The highest BCUT2D eigenvalue weighted by Crippen LogP contribution is 2.45. The molecule has 0 amide bonds. The van der Waals surface area contributed by atoms with E-state index in [1.54, 1.807) is 12.2 Å². The lowest BCUT2D eigenvalue weighted by Gasteiger charge is -2.27. The standard InChI is InChI=1S/C33H23NO2/c34-22-12-15-29(33(35)36)30(18-22)25-14-11-21-7-3-9-27-24(16-17-28(25)32(21)27)23-13-10-20-5-1-4-19-6-2-8-26(23)31(19)20/h1-5,7-11,13-18,24,34H,6,12H2,(H,35,36). The van der Waals surface area contributed by atoms with E-state index in [0.29, 0.717) is 17.7 Å². The van der Waals surface area contributed by atoms with Gasteiger partial charge in [-0.25, -0.2) is 4.79 Å². The SMILES string of the molecule is N=C1C=C(c2ccc3cccc4c3c2C=CC4c2ccc3cccc4c3c2C=CC4)C(C(=O)O)=CC1. The summed E-state index contributed by atoms with van der Waals surface area (Å²) in [5.74, 6) is -0.857. The van der Waals surface area contributed by atoms with Gasteiger partial charge in [-0.2, -0.15) is 0 Å². The van der Waals surface area contributed by atoms with Gasteiger partial charge < -0.3 is 10.5 Å². The molecule has 4 aromatic rings. The molecule has 0 spiro atoms. The van der Waals surface area contributed by atoms with Crippen LogP contribution in [0.1, 0.15) is 45.7 Å². The van der Waals surface area contributed by atoms with Crippen molar-refractivity contribution in [2.24, 2.45) is 0 Å². The molecule has 0 saturated carbocycles. The molecular weight excluding hydrogens is 442 g/mol. The molecule has 36 heavy (non-hydrogen) atoms. The summed E-state index contributed by atoms with van der Waals surface area (Å²) >= 11 is 0. The van der Waals surface area contributed by atoms with Crippen LogP contribution in [0.4, 0.5) is 0 Å². The Bertz CT molecular complexity index is 1780. The molecule has 1 unspecified atom stereocenters. The van der Waals surface area contributed by atoms with Crippen molar-refractivity contribution in [2.75, 3.05) is 0 Å². The molecule has 2 N–H and O–H groups in total. The number of carbonyl (C=O) groups is 1. The van der Waals surface area contributed by atoms with Gasteiger partial charge in [0.25, 0.3) is 0 Å². The smallest absolute Gasteiger partial charge is 0.336 e. The Morgan fingerprint density at radius 1 is 0.833 bits per heavy atom. The zero-order chi connectivity index (χ0) is 24.4. The number of hydrogen-bond donors (Lipinski definition) is 2. The van der Waals surface area contributed by atoms with Gasteiger partial charge in [0.1, 0.15) is 0 Å². The predicted octanol–water partition coefficient (Wildman–Crippen LogP) is 7.54. The largest absolute Gasteiger partial charge is 0.478 e. The Balaban J connectivity index is 1.46. The summed E-state index contributed by atoms with van der Waals surface area (Å²) < 4.78 is 0. The second-order valence-electron chi connectivity index (χ2n) is 9.71. The third-order valence-corrected chi connectivity index (χ3v) is 7.73. The fraction of sp³-hybridized carbons (Fsp3) is 0.0909. The van der Waals surface area contributed by atoms with E-state index < -0.39 is 5.97 Å². The van der Waals surface area contributed by atoms with E-state index in [1.165, 1.54) is 33.0 Å². The molecule has 0 saturated heterocycles. The van der Waals surface area contributed by atoms with Crippen LogP contribution < -0.4 is 0 Å². The summed E-state index contributed by atoms with van der Waals surface area (Å²) in [6.45, 7) is 0. The molecule has 3 nitrogen and oxygen atoms in total. The molecule has 0 heterocycles. The van der Waals surface area contributed by atoms with Gasteiger partial charge in [-0.3, -0.25) is 0 Å². The first-order valence-electron chi connectivity index (χ1n) is 12.3. The van der Waals surface area contributed by atoms with Crippen LogP contribution in [-0.2, 0) is 11.2 Å². The number of nitrogens with one attached hydrogen (secondary N) is 1. The van der Waals surface area contributed by atoms with Crippen LogP contribution in [0.5, 0.6) is 0 Å². The van der Waals surface area contributed by atoms with Crippen LogP contribution in [0, 0.1) is 5.41 Å². The van der Waals surface area contributed by atoms with E-state index in [0.717, 1.165) is 28.3 Å². The van der Waals surface area contributed by atoms with Crippen molar-refractivity contribution < 1.29 is 9.90 Å². The van der Waals surface area contributed by atoms with E-state index >= 15 is 0 Å². The molecule has 1 atom stereocenters. The monoisotopic (exact) mass is 465 g/mol. The molecule has 0 aliphatic heterocycles. The van der Waals surface area contributed by atoms with Gasteiger partial charge >= 0.3 is 5.97 Å². The number of aliphatic carboxylic acids is 1. The van der Waals surface area contributed by atoms with Gasteiger partial charge in [0.05, 0.1) is 5.57 Å². The molecule has 4 aromatic carbocycles. The van der Waals surface area contributed by atoms with Gasteiger partial charge in [-0.15, -0.1) is 0 Å². The zero-order valence-electron chi connectivity index (χ0n) is 19.6. The fourth-order valence-electron chi connectivity index (χ4n) is 6.15. The van der Waals surface area contributed by atoms with Crippen LogP contribution in [0.3, 0.4) is 0 Å². The summed E-state index contributed by atoms with van der Waals surface area (Å²) in [7, 11) is 0. The number of benzene rings is 4. The van der Waals surface area contributed by atoms with Crippen LogP contribution in [0.2, 0.25) is 0 Å². The Hall–Kier alpha value is -4.50. The first-order valence-corrected chi connectivity index (χ1v) is 12.3. The maximum atomic E-state index is 12.0. The predicted molar refractivity (Wildman–Crippen MR) is 148 cm³/mol. The van der Waals surface area contributed by atoms with Crippen molar-refractivity contribution in [1.82, 2.24) is 0 Å². The molecule has 3 heteroatoms. The average Bonchev–Trinajstić information content (AvgIpc) is 2.90. The molecule has 3 aliphatic rings. The van der Waals surface area contributed by atoms with Crippen LogP contribution in [0.15, 0.2) is 90.5 Å². The second kappa shape index (κ2) is 7.76. The van der Waals surface area contributed by atoms with Crippen molar-refractivity contribution in [3.05, 3.63) is 124 Å². The van der Waals surface area contributed by atoms with Crippen molar-refractivity contribution in [1.29, 1.82) is 5.41 Å². The Morgan fingerprint density at radius 2 is 1.64 bits per heavy atom. The van der Waals surface area contributed by atoms with Gasteiger partial charge in [0.15, 0.2) is 0 Å². The highest BCUT2D eigenvalue weighted by molar-refractivity contribution is 6.16. The molecule has 0 fully saturated rings. The minimum Gasteiger partial charge on any atom is -0.478 e. The fourth-order valence-corrected chi connectivity index (χ4v) is 6.15. The quantitative estimate of drug-likeness (QED) is 0.328. The first-order chi connectivity index (χ1) is 17.6. The minimum absolute atomic E-state index is 0.0970. The molecule has 0 radical (unpaired) electrons. The van der Waals surface area contributed by atoms with Crippen molar-refractivity contribution in [3.63, 3.8) is 0 Å². The van der Waals surface area contributed by atoms with E-state index in [-0.39, 0.29) is 11.5 Å². The Morgan fingerprint density at radius 3 is 2.50 bits per heavy atom. The molecule has 0 aromatic heterocycles. The molecule has 3 aliphatic carbocycles. The zero-order valence-corrected chi connectivity index (χ0v) is 19.6. The number of carboxylic acid groups (broad SMARTS) is 1. The summed E-state index contributed by atoms with van der Waals surface area (Å²) in [4.78, 5) is 12.0. The van der Waals surface area contributed by atoms with Gasteiger partial charge in [0, 0.05) is 18.1 Å². The maximum absolute atomic E-state index is 12.0. The minimum atomic E-state index is -0.954. The topological polar surface area (TPSA) is 61.2 Å². The molecule has 0 bridgehead atoms. The van der Waals surface area contributed by atoms with E-state index in [9.17, 15) is 9.90 Å². The van der Waals surface area contributed by atoms with Crippen LogP contribution in [-0.4, -0.2) is 16.8 Å². The number of carboxylic acids is 1. The third-order valence-electron chi connectivity index (χ3n) is 7.73. The van der Waals surface area contributed by atoms with E-state index in [1.807, 2.05) is 6.07 Å². The highest BCUT2D eigenvalue weighted by Gasteiger charge is 2.27. The third kappa shape index (κ3) is 2.99. The Kier molecular flexibility index (Phi) is 4.49. The Labute approximate surface area is 208 Å². The van der Waals surface area contributed by atoms with Crippen molar-refractivity contribution in [3.8, 4) is 0 Å². The van der Waals surface area contributed by atoms with Gasteiger partial charge in [0.2, 0.25) is 0 Å². The lowest BCUT2D eigenvalue weighted by molar-refractivity contribution is -0.132. The summed E-state index contributed by atoms with van der Waals surface area (Å²) in [5.41, 5.74) is 8.37. The number of hydrogen-bond acceptors (Lipinski definition) is 2.